The van der Waals surface area contributed by atoms with E-state index in [0.717, 1.165) is 6.92 Å². The molecule has 1 heterocycles. The Morgan fingerprint density at radius 1 is 1.67 bits per heavy atom. The standard InChI is InChI=1S/C4H5NO4/c1-2(6)4(3(7)8)5-9-4/h5H,1H3,(H,7,8). The number of carbonyl (C=O) groups excluding carboxylic acids is 1. The Bertz CT molecular complexity index is 155. The minimum atomic E-state index is -1.72. The zero-order valence-electron chi connectivity index (χ0n) is 4.67. The molecule has 5 heteroatoms. The molecular weight excluding hydrogens is 126 g/mol. The summed E-state index contributed by atoms with van der Waals surface area (Å²) < 4.78 is 0. The van der Waals surface area contributed by atoms with Gasteiger partial charge in [-0.15, -0.1) is 5.48 Å². The van der Waals surface area contributed by atoms with E-state index in [1.54, 1.807) is 0 Å². The second-order valence-corrected chi connectivity index (χ2v) is 1.75. The highest BCUT2D eigenvalue weighted by Gasteiger charge is 2.58. The first-order valence-corrected chi connectivity index (χ1v) is 2.29. The molecule has 0 bridgehead atoms. The zero-order valence-corrected chi connectivity index (χ0v) is 4.67. The minimum Gasteiger partial charge on any atom is -0.478 e. The lowest BCUT2D eigenvalue weighted by Gasteiger charge is -1.94. The van der Waals surface area contributed by atoms with Crippen molar-refractivity contribution in [1.82, 2.24) is 5.48 Å². The Hall–Kier alpha value is -0.940. The van der Waals surface area contributed by atoms with Crippen LogP contribution in [0.2, 0.25) is 0 Å². The first-order chi connectivity index (χ1) is 4.09. The van der Waals surface area contributed by atoms with Crippen molar-refractivity contribution in [3.63, 3.8) is 0 Å². The zero-order chi connectivity index (χ0) is 7.07. The molecule has 0 aromatic heterocycles. The van der Waals surface area contributed by atoms with E-state index in [0.29, 0.717) is 0 Å². The summed E-state index contributed by atoms with van der Waals surface area (Å²) in [6.07, 6.45) is 0. The van der Waals surface area contributed by atoms with Crippen LogP contribution in [-0.2, 0) is 14.4 Å². The van der Waals surface area contributed by atoms with Crippen LogP contribution in [0.25, 0.3) is 0 Å². The summed E-state index contributed by atoms with van der Waals surface area (Å²) in [5.41, 5.74) is 0.275. The predicted molar refractivity (Wildman–Crippen MR) is 25.3 cm³/mol. The molecule has 1 unspecified atom stereocenters. The van der Waals surface area contributed by atoms with Crippen LogP contribution >= 0.6 is 0 Å². The fourth-order valence-corrected chi connectivity index (χ4v) is 0.433. The lowest BCUT2D eigenvalue weighted by Crippen LogP contribution is -2.34. The van der Waals surface area contributed by atoms with Crippen LogP contribution < -0.4 is 5.48 Å². The Labute approximate surface area is 50.6 Å². The van der Waals surface area contributed by atoms with Crippen LogP contribution in [0.5, 0.6) is 0 Å². The molecule has 9 heavy (non-hydrogen) atoms. The Morgan fingerprint density at radius 3 is 2.11 bits per heavy atom. The van der Waals surface area contributed by atoms with Crippen molar-refractivity contribution in [1.29, 1.82) is 0 Å². The van der Waals surface area contributed by atoms with Crippen molar-refractivity contribution in [2.75, 3.05) is 0 Å². The lowest BCUT2D eigenvalue weighted by atomic mass is 10.2. The van der Waals surface area contributed by atoms with Crippen molar-refractivity contribution in [3.05, 3.63) is 0 Å². The molecule has 5 nitrogen and oxygen atoms in total. The number of carboxylic acid groups (broad SMARTS) is 1. The fourth-order valence-electron chi connectivity index (χ4n) is 0.433. The second kappa shape index (κ2) is 1.52. The molecule has 0 aliphatic carbocycles. The third-order valence-corrected chi connectivity index (χ3v) is 1.10. The maximum absolute atomic E-state index is 10.4. The summed E-state index contributed by atoms with van der Waals surface area (Å²) >= 11 is 0. The molecule has 0 amide bonds. The van der Waals surface area contributed by atoms with Gasteiger partial charge in [0.25, 0.3) is 0 Å². The SMILES string of the molecule is CC(=O)C1(C(=O)O)NO1. The molecule has 50 valence electrons. The lowest BCUT2D eigenvalue weighted by molar-refractivity contribution is -0.147. The van der Waals surface area contributed by atoms with Gasteiger partial charge in [-0.25, -0.2) is 4.79 Å². The van der Waals surface area contributed by atoms with Crippen LogP contribution in [0.3, 0.4) is 0 Å². The van der Waals surface area contributed by atoms with Gasteiger partial charge in [0, 0.05) is 0 Å². The third kappa shape index (κ3) is 0.701. The maximum Gasteiger partial charge on any atom is 0.363 e. The number of rotatable bonds is 2. The Balaban J connectivity index is 2.75. The summed E-state index contributed by atoms with van der Waals surface area (Å²) in [5, 5.41) is 8.27. The van der Waals surface area contributed by atoms with Gasteiger partial charge < -0.3 is 5.11 Å². The Morgan fingerprint density at radius 2 is 2.11 bits per heavy atom. The number of ketones is 1. The first kappa shape index (κ1) is 6.18. The number of hydrogen-bond acceptors (Lipinski definition) is 4. The smallest absolute Gasteiger partial charge is 0.363 e. The number of hydroxylamine groups is 1. The van der Waals surface area contributed by atoms with E-state index in [4.69, 9.17) is 5.11 Å². The molecule has 1 aliphatic heterocycles. The van der Waals surface area contributed by atoms with E-state index in [2.05, 4.69) is 4.84 Å². The highest BCUT2D eigenvalue weighted by Crippen LogP contribution is 2.19. The average Bonchev–Trinajstić information content (AvgIpc) is 2.40. The van der Waals surface area contributed by atoms with E-state index in [1.807, 2.05) is 5.48 Å². The van der Waals surface area contributed by atoms with Gasteiger partial charge in [-0.3, -0.25) is 9.63 Å². The maximum atomic E-state index is 10.4. The predicted octanol–water partition coefficient (Wildman–Crippen LogP) is -1.11. The number of carbonyl (C=O) groups is 2. The normalized spacial score (nSPS) is 31.7. The summed E-state index contributed by atoms with van der Waals surface area (Å²) in [6, 6.07) is 0. The van der Waals surface area contributed by atoms with Gasteiger partial charge in [0.2, 0.25) is 0 Å². The molecule has 1 atom stereocenters. The van der Waals surface area contributed by atoms with Crippen molar-refractivity contribution < 1.29 is 19.5 Å². The van der Waals surface area contributed by atoms with Gasteiger partial charge in [0.1, 0.15) is 0 Å². The van der Waals surface area contributed by atoms with E-state index in [1.165, 1.54) is 0 Å². The quantitative estimate of drug-likeness (QED) is 0.366. The highest BCUT2D eigenvalue weighted by atomic mass is 16.8. The fraction of sp³-hybridized carbons (Fsp3) is 0.500. The van der Waals surface area contributed by atoms with E-state index < -0.39 is 17.5 Å². The molecule has 1 aliphatic rings. The van der Waals surface area contributed by atoms with Gasteiger partial charge in [-0.05, 0) is 6.92 Å². The largest absolute Gasteiger partial charge is 0.478 e. The summed E-state index contributed by atoms with van der Waals surface area (Å²) in [4.78, 5) is 24.7. The monoisotopic (exact) mass is 131 g/mol. The van der Waals surface area contributed by atoms with Gasteiger partial charge in [-0.1, -0.05) is 0 Å². The molecule has 0 aromatic carbocycles. The molecule has 1 fully saturated rings. The van der Waals surface area contributed by atoms with Crippen molar-refractivity contribution >= 4 is 11.8 Å². The summed E-state index contributed by atoms with van der Waals surface area (Å²) in [6.45, 7) is 1.15. The molecular formula is C4H5NO4. The van der Waals surface area contributed by atoms with Gasteiger partial charge in [0.05, 0.1) is 0 Å². The third-order valence-electron chi connectivity index (χ3n) is 1.10. The summed E-state index contributed by atoms with van der Waals surface area (Å²) in [7, 11) is 0. The molecule has 0 saturated carbocycles. The highest BCUT2D eigenvalue weighted by molar-refractivity contribution is 6.06. The average molecular weight is 131 g/mol. The van der Waals surface area contributed by atoms with E-state index in [9.17, 15) is 9.59 Å². The Kier molecular flexibility index (Phi) is 1.04. The molecule has 0 spiro atoms. The van der Waals surface area contributed by atoms with Gasteiger partial charge in [-0.2, -0.15) is 0 Å². The second-order valence-electron chi connectivity index (χ2n) is 1.75. The molecule has 0 aromatic rings. The number of Topliss-reactive ketones (excluding diaryl/α,β-unsaturated/α-hetero) is 1. The molecule has 1 saturated heterocycles. The van der Waals surface area contributed by atoms with Crippen molar-refractivity contribution in [2.45, 2.75) is 12.6 Å². The van der Waals surface area contributed by atoms with Gasteiger partial charge in [0.15, 0.2) is 5.78 Å². The van der Waals surface area contributed by atoms with Crippen LogP contribution in [0.4, 0.5) is 0 Å². The molecule has 0 radical (unpaired) electrons. The molecule has 1 rings (SSSR count). The number of nitrogens with one attached hydrogen (secondary N) is 1. The first-order valence-electron chi connectivity index (χ1n) is 2.29. The summed E-state index contributed by atoms with van der Waals surface area (Å²) in [5.74, 6) is -1.84. The van der Waals surface area contributed by atoms with Crippen LogP contribution in [0, 0.1) is 0 Å². The number of hydrogen-bond donors (Lipinski definition) is 2. The van der Waals surface area contributed by atoms with E-state index >= 15 is 0 Å². The van der Waals surface area contributed by atoms with Crippen molar-refractivity contribution in [3.8, 4) is 0 Å². The van der Waals surface area contributed by atoms with Crippen molar-refractivity contribution in [2.24, 2.45) is 0 Å². The number of carboxylic acids is 1. The van der Waals surface area contributed by atoms with Gasteiger partial charge >= 0.3 is 11.7 Å². The van der Waals surface area contributed by atoms with Crippen LogP contribution in [0.15, 0.2) is 0 Å². The topological polar surface area (TPSA) is 88.8 Å². The number of aliphatic carboxylic acids is 1. The van der Waals surface area contributed by atoms with Crippen LogP contribution in [0.1, 0.15) is 6.92 Å². The van der Waals surface area contributed by atoms with E-state index in [-0.39, 0.29) is 0 Å². The minimum absolute atomic E-state index is 0.546. The molecule has 2 N–H and O–H groups in total. The van der Waals surface area contributed by atoms with Crippen LogP contribution in [-0.4, -0.2) is 22.6 Å².